The van der Waals surface area contributed by atoms with Crippen LogP contribution in [0.1, 0.15) is 17.3 Å². The highest BCUT2D eigenvalue weighted by Crippen LogP contribution is 2.24. The lowest BCUT2D eigenvalue weighted by Crippen LogP contribution is -2.47. The number of hydrogen-bond acceptors (Lipinski definition) is 3. The van der Waals surface area contributed by atoms with Crippen LogP contribution in [-0.2, 0) is 4.74 Å². The molecule has 5 heteroatoms. The van der Waals surface area contributed by atoms with Crippen molar-refractivity contribution in [1.29, 1.82) is 0 Å². The molecule has 0 aromatic heterocycles. The van der Waals surface area contributed by atoms with E-state index in [9.17, 15) is 9.90 Å². The zero-order chi connectivity index (χ0) is 12.4. The number of carbonyl (C=O) groups is 1. The number of phenolic OH excluding ortho intramolecular Hbond substituents is 1. The number of phenols is 1. The molecule has 1 heterocycles. The number of morpholine rings is 1. The Morgan fingerprint density at radius 1 is 1.59 bits per heavy atom. The minimum absolute atomic E-state index is 0.0155. The number of benzene rings is 1. The third kappa shape index (κ3) is 2.53. The second kappa shape index (κ2) is 4.94. The Labute approximate surface area is 105 Å². The van der Waals surface area contributed by atoms with Gasteiger partial charge in [-0.15, -0.1) is 0 Å². The summed E-state index contributed by atoms with van der Waals surface area (Å²) in [6.45, 7) is 3.64. The lowest BCUT2D eigenvalue weighted by Gasteiger charge is -2.33. The normalized spacial score (nSPS) is 20.4. The summed E-state index contributed by atoms with van der Waals surface area (Å²) in [6, 6.07) is 4.55. The third-order valence-electron chi connectivity index (χ3n) is 2.82. The van der Waals surface area contributed by atoms with Crippen molar-refractivity contribution in [3.8, 4) is 5.75 Å². The molecule has 0 saturated carbocycles. The number of ether oxygens (including phenoxy) is 1. The van der Waals surface area contributed by atoms with E-state index < -0.39 is 0 Å². The molecule has 1 fully saturated rings. The van der Waals surface area contributed by atoms with Crippen molar-refractivity contribution in [3.63, 3.8) is 0 Å². The molecule has 1 N–H and O–H groups in total. The van der Waals surface area contributed by atoms with Gasteiger partial charge in [0, 0.05) is 12.1 Å². The van der Waals surface area contributed by atoms with Crippen molar-refractivity contribution >= 4 is 17.5 Å². The molecule has 1 aromatic rings. The first-order valence-electron chi connectivity index (χ1n) is 5.47. The van der Waals surface area contributed by atoms with Gasteiger partial charge in [-0.3, -0.25) is 4.79 Å². The van der Waals surface area contributed by atoms with Crippen molar-refractivity contribution in [2.45, 2.75) is 13.0 Å². The Hall–Kier alpha value is -1.26. The monoisotopic (exact) mass is 255 g/mol. The van der Waals surface area contributed by atoms with Crippen molar-refractivity contribution in [2.24, 2.45) is 0 Å². The van der Waals surface area contributed by atoms with Crippen LogP contribution in [0.3, 0.4) is 0 Å². The molecule has 1 aromatic carbocycles. The maximum absolute atomic E-state index is 12.2. The smallest absolute Gasteiger partial charge is 0.254 e. The molecule has 1 saturated heterocycles. The zero-order valence-corrected chi connectivity index (χ0v) is 10.3. The van der Waals surface area contributed by atoms with E-state index in [0.717, 1.165) is 0 Å². The fourth-order valence-corrected chi connectivity index (χ4v) is 2.02. The van der Waals surface area contributed by atoms with Gasteiger partial charge in [-0.05, 0) is 25.1 Å². The first-order valence-corrected chi connectivity index (χ1v) is 5.84. The minimum atomic E-state index is -0.0808. The van der Waals surface area contributed by atoms with E-state index in [4.69, 9.17) is 16.3 Å². The molecule has 1 atom stereocenters. The summed E-state index contributed by atoms with van der Waals surface area (Å²) in [5.74, 6) is -0.0963. The van der Waals surface area contributed by atoms with Gasteiger partial charge in [-0.1, -0.05) is 11.6 Å². The summed E-state index contributed by atoms with van der Waals surface area (Å²) in [6.07, 6.45) is 0. The number of amides is 1. The van der Waals surface area contributed by atoms with Gasteiger partial charge in [0.25, 0.3) is 5.91 Å². The summed E-state index contributed by atoms with van der Waals surface area (Å²) in [5, 5.41) is 9.50. The minimum Gasteiger partial charge on any atom is -0.506 e. The molecule has 0 unspecified atom stereocenters. The van der Waals surface area contributed by atoms with E-state index in [2.05, 4.69) is 0 Å². The van der Waals surface area contributed by atoms with Gasteiger partial charge in [0.05, 0.1) is 24.3 Å². The topological polar surface area (TPSA) is 49.8 Å². The molecular formula is C12H14ClNO3. The van der Waals surface area contributed by atoms with Gasteiger partial charge in [0.15, 0.2) is 0 Å². The first kappa shape index (κ1) is 12.2. The highest BCUT2D eigenvalue weighted by Gasteiger charge is 2.24. The number of carbonyl (C=O) groups excluding carboxylic acids is 1. The molecule has 0 spiro atoms. The average molecular weight is 256 g/mol. The SMILES string of the molecule is C[C@H]1COCCN1C(=O)c1ccc(O)c(Cl)c1. The maximum Gasteiger partial charge on any atom is 0.254 e. The molecular weight excluding hydrogens is 242 g/mol. The summed E-state index contributed by atoms with van der Waals surface area (Å²) in [4.78, 5) is 14.0. The Bertz CT molecular complexity index is 436. The fourth-order valence-electron chi connectivity index (χ4n) is 1.83. The molecule has 1 aliphatic rings. The van der Waals surface area contributed by atoms with Gasteiger partial charge in [-0.25, -0.2) is 0 Å². The van der Waals surface area contributed by atoms with Crippen LogP contribution >= 0.6 is 11.6 Å². The number of hydrogen-bond donors (Lipinski definition) is 1. The number of rotatable bonds is 1. The zero-order valence-electron chi connectivity index (χ0n) is 9.52. The lowest BCUT2D eigenvalue weighted by atomic mass is 10.1. The highest BCUT2D eigenvalue weighted by atomic mass is 35.5. The van der Waals surface area contributed by atoms with Gasteiger partial charge in [-0.2, -0.15) is 0 Å². The van der Waals surface area contributed by atoms with Crippen LogP contribution in [0.4, 0.5) is 0 Å². The van der Waals surface area contributed by atoms with Crippen molar-refractivity contribution in [1.82, 2.24) is 4.90 Å². The Morgan fingerprint density at radius 2 is 2.35 bits per heavy atom. The van der Waals surface area contributed by atoms with Crippen LogP contribution < -0.4 is 0 Å². The second-order valence-electron chi connectivity index (χ2n) is 4.09. The summed E-state index contributed by atoms with van der Waals surface area (Å²) < 4.78 is 5.28. The van der Waals surface area contributed by atoms with Crippen molar-refractivity contribution in [2.75, 3.05) is 19.8 Å². The van der Waals surface area contributed by atoms with E-state index in [1.165, 1.54) is 12.1 Å². The van der Waals surface area contributed by atoms with Crippen LogP contribution in [0.25, 0.3) is 0 Å². The molecule has 92 valence electrons. The van der Waals surface area contributed by atoms with E-state index in [-0.39, 0.29) is 22.7 Å². The van der Waals surface area contributed by atoms with Crippen LogP contribution in [-0.4, -0.2) is 41.7 Å². The Morgan fingerprint density at radius 3 is 3.00 bits per heavy atom. The van der Waals surface area contributed by atoms with Crippen molar-refractivity contribution < 1.29 is 14.6 Å². The summed E-state index contributed by atoms with van der Waals surface area (Å²) >= 11 is 5.79. The molecule has 0 bridgehead atoms. The van der Waals surface area contributed by atoms with Crippen molar-refractivity contribution in [3.05, 3.63) is 28.8 Å². The predicted octanol–water partition coefficient (Wildman–Crippen LogP) is 1.91. The summed E-state index contributed by atoms with van der Waals surface area (Å²) in [5.41, 5.74) is 0.488. The van der Waals surface area contributed by atoms with Crippen LogP contribution in [0.15, 0.2) is 18.2 Å². The van der Waals surface area contributed by atoms with Gasteiger partial charge in [0.1, 0.15) is 5.75 Å². The molecule has 0 radical (unpaired) electrons. The number of aromatic hydroxyl groups is 1. The van der Waals surface area contributed by atoms with E-state index in [1.807, 2.05) is 6.92 Å². The second-order valence-corrected chi connectivity index (χ2v) is 4.50. The van der Waals surface area contributed by atoms with Crippen LogP contribution in [0.2, 0.25) is 5.02 Å². The van der Waals surface area contributed by atoms with Gasteiger partial charge in [0.2, 0.25) is 0 Å². The molecule has 17 heavy (non-hydrogen) atoms. The highest BCUT2D eigenvalue weighted by molar-refractivity contribution is 6.32. The molecule has 1 aliphatic heterocycles. The van der Waals surface area contributed by atoms with E-state index in [1.54, 1.807) is 11.0 Å². The van der Waals surface area contributed by atoms with Crippen LogP contribution in [0.5, 0.6) is 5.75 Å². The van der Waals surface area contributed by atoms with Crippen LogP contribution in [0, 0.1) is 0 Å². The van der Waals surface area contributed by atoms with Gasteiger partial charge >= 0.3 is 0 Å². The fraction of sp³-hybridized carbons (Fsp3) is 0.417. The lowest BCUT2D eigenvalue weighted by molar-refractivity contribution is 0.00359. The Kier molecular flexibility index (Phi) is 3.54. The number of nitrogens with zero attached hydrogens (tertiary/aromatic N) is 1. The predicted molar refractivity (Wildman–Crippen MR) is 64.4 cm³/mol. The largest absolute Gasteiger partial charge is 0.506 e. The quantitative estimate of drug-likeness (QED) is 0.834. The maximum atomic E-state index is 12.2. The van der Waals surface area contributed by atoms with Gasteiger partial charge < -0.3 is 14.7 Å². The standard InChI is InChI=1S/C12H14ClNO3/c1-8-7-17-5-4-14(8)12(16)9-2-3-11(15)10(13)6-9/h2-3,6,8,15H,4-5,7H2,1H3/t8-/m0/s1. The average Bonchev–Trinajstić information content (AvgIpc) is 2.32. The third-order valence-corrected chi connectivity index (χ3v) is 3.13. The summed E-state index contributed by atoms with van der Waals surface area (Å²) in [7, 11) is 0. The molecule has 1 amide bonds. The molecule has 2 rings (SSSR count). The van der Waals surface area contributed by atoms with E-state index in [0.29, 0.717) is 25.3 Å². The first-order chi connectivity index (χ1) is 8.09. The van der Waals surface area contributed by atoms with E-state index >= 15 is 0 Å². The molecule has 4 nitrogen and oxygen atoms in total. The number of halogens is 1. The molecule has 0 aliphatic carbocycles. The Balaban J connectivity index is 2.21.